The summed E-state index contributed by atoms with van der Waals surface area (Å²) in [5.41, 5.74) is 2.59. The molecule has 1 fully saturated rings. The Bertz CT molecular complexity index is 467. The monoisotopic (exact) mass is 268 g/mol. The minimum absolute atomic E-state index is 0.204. The van der Waals surface area contributed by atoms with Crippen LogP contribution in [0.15, 0.2) is 18.2 Å². The number of hydrazine groups is 1. The quantitative estimate of drug-likeness (QED) is 0.486. The van der Waals surface area contributed by atoms with Crippen LogP contribution in [-0.2, 0) is 9.53 Å². The first-order valence-electron chi connectivity index (χ1n) is 6.15. The number of amides is 1. The van der Waals surface area contributed by atoms with E-state index >= 15 is 0 Å². The number of halogens is 1. The standard InChI is InChI=1S/C13H17FN2O3/c1-8-3-2-4-10(12(8)14)18-7-9-5-6-11(19-9)13(17)16-15/h2-4,9,11H,5-7,15H2,1H3,(H,16,17). The fourth-order valence-corrected chi connectivity index (χ4v) is 2.03. The smallest absolute Gasteiger partial charge is 0.263 e. The first-order chi connectivity index (χ1) is 9.11. The number of ether oxygens (including phenoxy) is 2. The second-order valence-corrected chi connectivity index (χ2v) is 4.53. The molecule has 1 heterocycles. The van der Waals surface area contributed by atoms with Gasteiger partial charge in [-0.05, 0) is 31.4 Å². The molecule has 5 nitrogen and oxygen atoms in total. The maximum Gasteiger partial charge on any atom is 0.263 e. The molecule has 0 bridgehead atoms. The van der Waals surface area contributed by atoms with Gasteiger partial charge in [-0.2, -0.15) is 0 Å². The number of benzene rings is 1. The molecule has 1 saturated heterocycles. The zero-order chi connectivity index (χ0) is 13.8. The molecule has 0 aliphatic carbocycles. The van der Waals surface area contributed by atoms with E-state index in [9.17, 15) is 9.18 Å². The number of rotatable bonds is 4. The normalized spacial score (nSPS) is 22.3. The van der Waals surface area contributed by atoms with Crippen molar-refractivity contribution in [1.82, 2.24) is 5.43 Å². The molecule has 1 aliphatic heterocycles. The predicted molar refractivity (Wildman–Crippen MR) is 66.9 cm³/mol. The molecule has 1 aromatic rings. The van der Waals surface area contributed by atoms with Crippen LogP contribution in [0.25, 0.3) is 0 Å². The van der Waals surface area contributed by atoms with Crippen LogP contribution in [0.5, 0.6) is 5.75 Å². The first kappa shape index (κ1) is 13.8. The molecule has 104 valence electrons. The van der Waals surface area contributed by atoms with E-state index in [2.05, 4.69) is 5.43 Å². The van der Waals surface area contributed by atoms with E-state index in [1.807, 2.05) is 0 Å². The summed E-state index contributed by atoms with van der Waals surface area (Å²) in [6.45, 7) is 1.89. The van der Waals surface area contributed by atoms with Gasteiger partial charge in [0.05, 0.1) is 6.10 Å². The van der Waals surface area contributed by atoms with Gasteiger partial charge in [-0.25, -0.2) is 10.2 Å². The zero-order valence-electron chi connectivity index (χ0n) is 10.7. The van der Waals surface area contributed by atoms with E-state index in [-0.39, 0.29) is 30.2 Å². The van der Waals surface area contributed by atoms with Gasteiger partial charge in [0, 0.05) is 0 Å². The van der Waals surface area contributed by atoms with Gasteiger partial charge in [0.15, 0.2) is 11.6 Å². The van der Waals surface area contributed by atoms with E-state index in [0.717, 1.165) is 0 Å². The van der Waals surface area contributed by atoms with Crippen molar-refractivity contribution < 1.29 is 18.7 Å². The van der Waals surface area contributed by atoms with Gasteiger partial charge in [-0.15, -0.1) is 0 Å². The lowest BCUT2D eigenvalue weighted by molar-refractivity contribution is -0.132. The van der Waals surface area contributed by atoms with Crippen molar-refractivity contribution in [3.05, 3.63) is 29.6 Å². The fourth-order valence-electron chi connectivity index (χ4n) is 2.03. The molecule has 0 radical (unpaired) electrons. The Labute approximate surface area is 110 Å². The van der Waals surface area contributed by atoms with E-state index in [4.69, 9.17) is 15.3 Å². The van der Waals surface area contributed by atoms with Crippen LogP contribution in [0.1, 0.15) is 18.4 Å². The molecule has 1 amide bonds. The molecule has 1 aliphatic rings. The third kappa shape index (κ3) is 3.21. The molecule has 1 aromatic carbocycles. The summed E-state index contributed by atoms with van der Waals surface area (Å²) in [4.78, 5) is 11.3. The van der Waals surface area contributed by atoms with Crippen LogP contribution in [0.3, 0.4) is 0 Å². The van der Waals surface area contributed by atoms with E-state index in [1.165, 1.54) is 0 Å². The van der Waals surface area contributed by atoms with Crippen molar-refractivity contribution in [2.45, 2.75) is 32.0 Å². The van der Waals surface area contributed by atoms with E-state index in [0.29, 0.717) is 18.4 Å². The molecular formula is C13H17FN2O3. The molecule has 0 saturated carbocycles. The number of hydrogen-bond acceptors (Lipinski definition) is 4. The van der Waals surface area contributed by atoms with Crippen molar-refractivity contribution in [3.8, 4) is 5.75 Å². The number of carbonyl (C=O) groups excluding carboxylic acids is 1. The highest BCUT2D eigenvalue weighted by Crippen LogP contribution is 2.23. The summed E-state index contributed by atoms with van der Waals surface area (Å²) in [6.07, 6.45) is 0.516. The minimum atomic E-state index is -0.541. The Kier molecular flexibility index (Phi) is 4.34. The Morgan fingerprint density at radius 1 is 1.58 bits per heavy atom. The molecule has 0 spiro atoms. The molecular weight excluding hydrogens is 251 g/mol. The number of nitrogens with one attached hydrogen (secondary N) is 1. The lowest BCUT2D eigenvalue weighted by atomic mass is 10.2. The van der Waals surface area contributed by atoms with Crippen molar-refractivity contribution in [3.63, 3.8) is 0 Å². The van der Waals surface area contributed by atoms with Crippen LogP contribution in [0, 0.1) is 12.7 Å². The molecule has 2 rings (SSSR count). The molecule has 3 N–H and O–H groups in total. The van der Waals surface area contributed by atoms with Crippen molar-refractivity contribution in [2.75, 3.05) is 6.61 Å². The van der Waals surface area contributed by atoms with Crippen LogP contribution in [0.2, 0.25) is 0 Å². The molecule has 19 heavy (non-hydrogen) atoms. The molecule has 0 aromatic heterocycles. The lowest BCUT2D eigenvalue weighted by Crippen LogP contribution is -2.39. The van der Waals surface area contributed by atoms with Crippen LogP contribution in [-0.4, -0.2) is 24.7 Å². The zero-order valence-corrected chi connectivity index (χ0v) is 10.7. The Balaban J connectivity index is 1.87. The summed E-state index contributed by atoms with van der Waals surface area (Å²) < 4.78 is 24.6. The molecule has 2 unspecified atom stereocenters. The van der Waals surface area contributed by atoms with Crippen LogP contribution >= 0.6 is 0 Å². The topological polar surface area (TPSA) is 73.6 Å². The Hall–Kier alpha value is -1.66. The van der Waals surface area contributed by atoms with Gasteiger partial charge in [0.25, 0.3) is 5.91 Å². The largest absolute Gasteiger partial charge is 0.488 e. The third-order valence-corrected chi connectivity index (χ3v) is 3.12. The summed E-state index contributed by atoms with van der Waals surface area (Å²) in [7, 11) is 0. The SMILES string of the molecule is Cc1cccc(OCC2CCC(C(=O)NN)O2)c1F. The number of aryl methyl sites for hydroxylation is 1. The highest BCUT2D eigenvalue weighted by molar-refractivity contribution is 5.80. The predicted octanol–water partition coefficient (Wildman–Crippen LogP) is 1.05. The fraction of sp³-hybridized carbons (Fsp3) is 0.462. The summed E-state index contributed by atoms with van der Waals surface area (Å²) in [6, 6.07) is 4.98. The maximum absolute atomic E-state index is 13.7. The average Bonchev–Trinajstić information content (AvgIpc) is 2.88. The minimum Gasteiger partial charge on any atom is -0.488 e. The van der Waals surface area contributed by atoms with Crippen LogP contribution in [0.4, 0.5) is 4.39 Å². The Morgan fingerprint density at radius 3 is 3.11 bits per heavy atom. The number of nitrogens with two attached hydrogens (primary N) is 1. The van der Waals surface area contributed by atoms with Gasteiger partial charge in [-0.3, -0.25) is 10.2 Å². The van der Waals surface area contributed by atoms with Gasteiger partial charge < -0.3 is 9.47 Å². The van der Waals surface area contributed by atoms with Gasteiger partial charge in [0.1, 0.15) is 12.7 Å². The number of carbonyl (C=O) groups is 1. The third-order valence-electron chi connectivity index (χ3n) is 3.12. The van der Waals surface area contributed by atoms with Gasteiger partial charge >= 0.3 is 0 Å². The second kappa shape index (κ2) is 5.99. The summed E-state index contributed by atoms with van der Waals surface area (Å²) >= 11 is 0. The molecule has 6 heteroatoms. The second-order valence-electron chi connectivity index (χ2n) is 4.53. The van der Waals surface area contributed by atoms with Gasteiger partial charge in [0.2, 0.25) is 0 Å². The van der Waals surface area contributed by atoms with Crippen molar-refractivity contribution in [1.29, 1.82) is 0 Å². The number of hydrogen-bond donors (Lipinski definition) is 2. The maximum atomic E-state index is 13.7. The van der Waals surface area contributed by atoms with Gasteiger partial charge in [-0.1, -0.05) is 12.1 Å². The molecule has 2 atom stereocenters. The highest BCUT2D eigenvalue weighted by atomic mass is 19.1. The highest BCUT2D eigenvalue weighted by Gasteiger charge is 2.30. The van der Waals surface area contributed by atoms with Crippen LogP contribution < -0.4 is 16.0 Å². The Morgan fingerprint density at radius 2 is 2.37 bits per heavy atom. The lowest BCUT2D eigenvalue weighted by Gasteiger charge is -2.14. The summed E-state index contributed by atoms with van der Waals surface area (Å²) in [5.74, 6) is 4.54. The van der Waals surface area contributed by atoms with E-state index < -0.39 is 6.10 Å². The van der Waals surface area contributed by atoms with E-state index in [1.54, 1.807) is 25.1 Å². The summed E-state index contributed by atoms with van der Waals surface area (Å²) in [5, 5.41) is 0. The first-order valence-corrected chi connectivity index (χ1v) is 6.15. The van der Waals surface area contributed by atoms with Crippen molar-refractivity contribution in [2.24, 2.45) is 5.84 Å². The van der Waals surface area contributed by atoms with Crippen molar-refractivity contribution >= 4 is 5.91 Å². The average molecular weight is 268 g/mol.